The minimum atomic E-state index is -0.0655. The third kappa shape index (κ3) is 6.08. The van der Waals surface area contributed by atoms with Gasteiger partial charge in [0.15, 0.2) is 0 Å². The number of likely N-dealkylation sites (tertiary alicyclic amines) is 1. The molecular formula is C22H26ClN3O2. The summed E-state index contributed by atoms with van der Waals surface area (Å²) >= 11 is 5.94. The largest absolute Gasteiger partial charge is 0.352 e. The quantitative estimate of drug-likeness (QED) is 0.782. The van der Waals surface area contributed by atoms with Gasteiger partial charge in [0.25, 0.3) is 5.91 Å². The molecule has 0 radical (unpaired) electrons. The molecule has 0 unspecified atom stereocenters. The summed E-state index contributed by atoms with van der Waals surface area (Å²) in [5, 5.41) is 6.65. The molecule has 0 bridgehead atoms. The number of piperidine rings is 1. The molecule has 1 heterocycles. The van der Waals surface area contributed by atoms with Crippen molar-refractivity contribution in [3.05, 3.63) is 70.2 Å². The molecular weight excluding hydrogens is 374 g/mol. The topological polar surface area (TPSA) is 61.4 Å². The first-order valence-corrected chi connectivity index (χ1v) is 9.98. The maximum Gasteiger partial charge on any atom is 0.251 e. The molecule has 1 saturated heterocycles. The van der Waals surface area contributed by atoms with E-state index in [2.05, 4.69) is 27.7 Å². The normalized spacial score (nSPS) is 15.2. The molecule has 1 aliphatic heterocycles. The number of nitrogens with zero attached hydrogens (tertiary/aromatic N) is 1. The summed E-state index contributed by atoms with van der Waals surface area (Å²) in [4.78, 5) is 25.9. The van der Waals surface area contributed by atoms with Crippen LogP contribution in [0.3, 0.4) is 0 Å². The highest BCUT2D eigenvalue weighted by Gasteiger charge is 2.21. The Morgan fingerprint density at radius 1 is 1.00 bits per heavy atom. The van der Waals surface area contributed by atoms with Gasteiger partial charge in [-0.3, -0.25) is 14.5 Å². The maximum absolute atomic E-state index is 12.5. The average Bonchev–Trinajstić information content (AvgIpc) is 2.70. The second-order valence-corrected chi connectivity index (χ2v) is 7.69. The van der Waals surface area contributed by atoms with E-state index in [-0.39, 0.29) is 17.9 Å². The zero-order valence-corrected chi connectivity index (χ0v) is 16.8. The van der Waals surface area contributed by atoms with Gasteiger partial charge in [-0.05, 0) is 48.2 Å². The third-order valence-corrected chi connectivity index (χ3v) is 5.25. The number of halogens is 1. The Morgan fingerprint density at radius 2 is 1.61 bits per heavy atom. The summed E-state index contributed by atoms with van der Waals surface area (Å²) in [6.07, 6.45) is 1.89. The highest BCUT2D eigenvalue weighted by Crippen LogP contribution is 2.16. The second kappa shape index (κ2) is 9.71. The van der Waals surface area contributed by atoms with Crippen molar-refractivity contribution in [3.8, 4) is 0 Å². The Kier molecular flexibility index (Phi) is 7.06. The Balaban J connectivity index is 1.44. The number of carbonyl (C=O) groups excluding carboxylic acids is 2. The fraction of sp³-hybridized carbons (Fsp3) is 0.364. The van der Waals surface area contributed by atoms with Crippen LogP contribution in [0.5, 0.6) is 0 Å². The van der Waals surface area contributed by atoms with E-state index in [1.807, 2.05) is 36.4 Å². The lowest BCUT2D eigenvalue weighted by atomic mass is 10.0. The van der Waals surface area contributed by atoms with Crippen LogP contribution < -0.4 is 10.6 Å². The van der Waals surface area contributed by atoms with Crippen molar-refractivity contribution in [2.45, 2.75) is 38.9 Å². The number of rotatable bonds is 6. The van der Waals surface area contributed by atoms with E-state index in [9.17, 15) is 9.59 Å². The van der Waals surface area contributed by atoms with Gasteiger partial charge >= 0.3 is 0 Å². The van der Waals surface area contributed by atoms with Crippen molar-refractivity contribution in [1.29, 1.82) is 0 Å². The number of carbonyl (C=O) groups is 2. The molecule has 6 heteroatoms. The molecule has 1 aliphatic rings. The summed E-state index contributed by atoms with van der Waals surface area (Å²) in [6, 6.07) is 15.5. The number of benzene rings is 2. The van der Waals surface area contributed by atoms with Gasteiger partial charge in [-0.15, -0.1) is 0 Å². The van der Waals surface area contributed by atoms with E-state index < -0.39 is 0 Å². The summed E-state index contributed by atoms with van der Waals surface area (Å²) in [5.41, 5.74) is 2.88. The molecule has 148 valence electrons. The van der Waals surface area contributed by atoms with Gasteiger partial charge < -0.3 is 10.6 Å². The molecule has 0 spiro atoms. The summed E-state index contributed by atoms with van der Waals surface area (Å²) in [5.74, 6) is -0.105. The fourth-order valence-corrected chi connectivity index (χ4v) is 3.48. The van der Waals surface area contributed by atoms with Crippen LogP contribution >= 0.6 is 11.6 Å². The molecule has 2 aromatic carbocycles. The molecule has 0 atom stereocenters. The van der Waals surface area contributed by atoms with Gasteiger partial charge in [-0.1, -0.05) is 35.9 Å². The molecule has 28 heavy (non-hydrogen) atoms. The maximum atomic E-state index is 12.5. The number of nitrogens with one attached hydrogen (secondary N) is 2. The van der Waals surface area contributed by atoms with E-state index in [4.69, 9.17) is 11.6 Å². The van der Waals surface area contributed by atoms with Crippen molar-refractivity contribution in [2.24, 2.45) is 0 Å². The Labute approximate surface area is 171 Å². The number of amides is 2. The van der Waals surface area contributed by atoms with Crippen molar-refractivity contribution in [2.75, 3.05) is 13.1 Å². The van der Waals surface area contributed by atoms with Crippen LogP contribution in [0, 0.1) is 0 Å². The van der Waals surface area contributed by atoms with E-state index in [1.165, 1.54) is 12.5 Å². The predicted molar refractivity (Wildman–Crippen MR) is 111 cm³/mol. The lowest BCUT2D eigenvalue weighted by Crippen LogP contribution is -2.44. The van der Waals surface area contributed by atoms with Crippen LogP contribution in [0.25, 0.3) is 0 Å². The second-order valence-electron chi connectivity index (χ2n) is 7.26. The SMILES string of the molecule is CC(=O)NCc1ccc(C(=O)NC2CCN(Cc3ccc(Cl)cc3)CC2)cc1. The van der Waals surface area contributed by atoms with Gasteiger partial charge in [0, 0.05) is 49.7 Å². The predicted octanol–water partition coefficient (Wildman–Crippen LogP) is 3.37. The summed E-state index contributed by atoms with van der Waals surface area (Å²) in [7, 11) is 0. The lowest BCUT2D eigenvalue weighted by Gasteiger charge is -2.32. The molecule has 5 nitrogen and oxygen atoms in total. The molecule has 0 saturated carbocycles. The van der Waals surface area contributed by atoms with E-state index >= 15 is 0 Å². The van der Waals surface area contributed by atoms with Gasteiger partial charge in [0.1, 0.15) is 0 Å². The van der Waals surface area contributed by atoms with Crippen LogP contribution in [-0.4, -0.2) is 35.8 Å². The lowest BCUT2D eigenvalue weighted by molar-refractivity contribution is -0.119. The molecule has 0 aromatic heterocycles. The summed E-state index contributed by atoms with van der Waals surface area (Å²) < 4.78 is 0. The monoisotopic (exact) mass is 399 g/mol. The molecule has 2 aromatic rings. The minimum Gasteiger partial charge on any atom is -0.352 e. The van der Waals surface area contributed by atoms with Crippen LogP contribution in [0.4, 0.5) is 0 Å². The van der Waals surface area contributed by atoms with Crippen LogP contribution in [0.1, 0.15) is 41.3 Å². The molecule has 0 aliphatic carbocycles. The average molecular weight is 400 g/mol. The Morgan fingerprint density at radius 3 is 2.21 bits per heavy atom. The molecule has 1 fully saturated rings. The zero-order chi connectivity index (χ0) is 19.9. The highest BCUT2D eigenvalue weighted by atomic mass is 35.5. The van der Waals surface area contributed by atoms with Crippen LogP contribution in [0.2, 0.25) is 5.02 Å². The Bertz CT molecular complexity index is 798. The fourth-order valence-electron chi connectivity index (χ4n) is 3.35. The standard InChI is InChI=1S/C22H26ClN3O2/c1-16(27)24-14-17-2-6-19(7-3-17)22(28)25-21-10-12-26(13-11-21)15-18-4-8-20(23)9-5-18/h2-9,21H,10-15H2,1H3,(H,24,27)(H,25,28). The Hall–Kier alpha value is -2.37. The first-order valence-electron chi connectivity index (χ1n) is 9.60. The van der Waals surface area contributed by atoms with Gasteiger partial charge in [-0.25, -0.2) is 0 Å². The highest BCUT2D eigenvalue weighted by molar-refractivity contribution is 6.30. The van der Waals surface area contributed by atoms with Gasteiger partial charge in [-0.2, -0.15) is 0 Å². The van der Waals surface area contributed by atoms with Crippen molar-refractivity contribution < 1.29 is 9.59 Å². The minimum absolute atomic E-state index is 0.0396. The van der Waals surface area contributed by atoms with Crippen LogP contribution in [-0.2, 0) is 17.9 Å². The molecule has 3 rings (SSSR count). The molecule has 2 N–H and O–H groups in total. The molecule has 2 amide bonds. The van der Waals surface area contributed by atoms with E-state index in [1.54, 1.807) is 0 Å². The first kappa shape index (κ1) is 20.4. The number of hydrogen-bond acceptors (Lipinski definition) is 3. The van der Waals surface area contributed by atoms with Gasteiger partial charge in [0.2, 0.25) is 5.91 Å². The zero-order valence-electron chi connectivity index (χ0n) is 16.1. The van der Waals surface area contributed by atoms with Crippen molar-refractivity contribution in [3.63, 3.8) is 0 Å². The first-order chi connectivity index (χ1) is 13.5. The van der Waals surface area contributed by atoms with Crippen molar-refractivity contribution in [1.82, 2.24) is 15.5 Å². The van der Waals surface area contributed by atoms with E-state index in [0.717, 1.165) is 43.1 Å². The van der Waals surface area contributed by atoms with Crippen molar-refractivity contribution >= 4 is 23.4 Å². The smallest absolute Gasteiger partial charge is 0.251 e. The third-order valence-electron chi connectivity index (χ3n) is 5.00. The van der Waals surface area contributed by atoms with E-state index in [0.29, 0.717) is 12.1 Å². The van der Waals surface area contributed by atoms with Crippen LogP contribution in [0.15, 0.2) is 48.5 Å². The summed E-state index contributed by atoms with van der Waals surface area (Å²) in [6.45, 7) is 4.80. The number of hydrogen-bond donors (Lipinski definition) is 2. The van der Waals surface area contributed by atoms with Gasteiger partial charge in [0.05, 0.1) is 0 Å².